The van der Waals surface area contributed by atoms with Crippen molar-refractivity contribution in [2.24, 2.45) is 0 Å². The molecule has 1 aromatic rings. The molecule has 66 valence electrons. The van der Waals surface area contributed by atoms with Gasteiger partial charge in [-0.05, 0) is 28.4 Å². The highest BCUT2D eigenvalue weighted by Crippen LogP contribution is 2.23. The first kappa shape index (κ1) is 9.71. The molecule has 0 aliphatic heterocycles. The number of hydrogen-bond acceptors (Lipinski definition) is 2. The first-order valence-electron chi connectivity index (χ1n) is 3.82. The number of alkyl halides is 1. The van der Waals surface area contributed by atoms with Crippen molar-refractivity contribution in [2.45, 2.75) is 11.9 Å². The molecule has 0 aromatic heterocycles. The largest absolute Gasteiger partial charge is 0.236 e. The first-order chi connectivity index (χ1) is 5.84. The summed E-state index contributed by atoms with van der Waals surface area (Å²) in [7, 11) is 0. The van der Waals surface area contributed by atoms with Gasteiger partial charge < -0.3 is 0 Å². The Labute approximate surface area is 80.6 Å². The maximum Gasteiger partial charge on any atom is 0.172 e. The zero-order valence-corrected chi connectivity index (χ0v) is 8.45. The Bertz CT molecular complexity index is 213. The number of halogens is 1. The Hall–Kier alpha value is -0.380. The van der Waals surface area contributed by atoms with Gasteiger partial charge in [-0.3, -0.25) is 0 Å². The molecule has 0 aliphatic rings. The van der Waals surface area contributed by atoms with E-state index in [4.69, 9.17) is 9.78 Å². The molecule has 0 radical (unpaired) electrons. The fraction of sp³-hybridized carbons (Fsp3) is 0.333. The summed E-state index contributed by atoms with van der Waals surface area (Å²) in [6.45, 7) is 2.43. The third-order valence-electron chi connectivity index (χ3n) is 1.33. The maximum atomic E-state index is 4.99. The van der Waals surface area contributed by atoms with Crippen molar-refractivity contribution < 1.29 is 9.78 Å². The van der Waals surface area contributed by atoms with E-state index in [1.54, 1.807) is 0 Å². The summed E-state index contributed by atoms with van der Waals surface area (Å²) in [6.07, 6.45) is 0. The Balaban J connectivity index is 2.48. The monoisotopic (exact) mass is 230 g/mol. The van der Waals surface area contributed by atoms with Gasteiger partial charge in [-0.25, -0.2) is 9.78 Å². The summed E-state index contributed by atoms with van der Waals surface area (Å²) < 4.78 is 0. The van der Waals surface area contributed by atoms with Gasteiger partial charge in [0.05, 0.1) is 6.61 Å². The average molecular weight is 231 g/mol. The highest BCUT2D eigenvalue weighted by Gasteiger charge is 2.06. The second-order valence-electron chi connectivity index (χ2n) is 2.23. The summed E-state index contributed by atoms with van der Waals surface area (Å²) in [5.41, 5.74) is 1.05. The molecule has 1 aromatic carbocycles. The third kappa shape index (κ3) is 2.93. The molecule has 0 saturated heterocycles. The quantitative estimate of drug-likeness (QED) is 0.450. The van der Waals surface area contributed by atoms with Crippen LogP contribution in [0.5, 0.6) is 0 Å². The van der Waals surface area contributed by atoms with Crippen molar-refractivity contribution >= 4 is 15.9 Å². The topological polar surface area (TPSA) is 18.5 Å². The molecular weight excluding hydrogens is 220 g/mol. The summed E-state index contributed by atoms with van der Waals surface area (Å²) in [5.74, 6) is 0. The van der Waals surface area contributed by atoms with Crippen molar-refractivity contribution in [2.75, 3.05) is 6.61 Å². The van der Waals surface area contributed by atoms with Gasteiger partial charge in [0.15, 0.2) is 5.01 Å². The van der Waals surface area contributed by atoms with E-state index in [1.165, 1.54) is 0 Å². The Morgan fingerprint density at radius 1 is 1.33 bits per heavy atom. The lowest BCUT2D eigenvalue weighted by molar-refractivity contribution is -0.301. The van der Waals surface area contributed by atoms with Crippen LogP contribution in [0.1, 0.15) is 17.5 Å². The van der Waals surface area contributed by atoms with Crippen LogP contribution in [0, 0.1) is 0 Å². The van der Waals surface area contributed by atoms with Crippen LogP contribution in [0.4, 0.5) is 0 Å². The van der Waals surface area contributed by atoms with Gasteiger partial charge in [0, 0.05) is 0 Å². The van der Waals surface area contributed by atoms with Crippen LogP contribution in [0.15, 0.2) is 30.3 Å². The molecule has 0 saturated carbocycles. The Morgan fingerprint density at radius 3 is 2.58 bits per heavy atom. The fourth-order valence-electron chi connectivity index (χ4n) is 0.788. The van der Waals surface area contributed by atoms with E-state index in [0.717, 1.165) is 5.56 Å². The van der Waals surface area contributed by atoms with E-state index >= 15 is 0 Å². The van der Waals surface area contributed by atoms with Gasteiger partial charge in [0.1, 0.15) is 0 Å². The predicted molar refractivity (Wildman–Crippen MR) is 50.8 cm³/mol. The van der Waals surface area contributed by atoms with Crippen LogP contribution in [0.25, 0.3) is 0 Å². The van der Waals surface area contributed by atoms with Crippen molar-refractivity contribution in [3.05, 3.63) is 35.9 Å². The Kier molecular flexibility index (Phi) is 4.29. The van der Waals surface area contributed by atoms with Gasteiger partial charge in [0.25, 0.3) is 0 Å². The second-order valence-corrected chi connectivity index (χ2v) is 3.06. The second kappa shape index (κ2) is 5.30. The normalized spacial score (nSPS) is 12.8. The minimum atomic E-state index is -0.182. The van der Waals surface area contributed by atoms with Crippen LogP contribution in [0.2, 0.25) is 0 Å². The summed E-state index contributed by atoms with van der Waals surface area (Å²) in [5, 5.41) is -0.182. The van der Waals surface area contributed by atoms with Crippen molar-refractivity contribution in [3.63, 3.8) is 0 Å². The van der Waals surface area contributed by atoms with E-state index in [1.807, 2.05) is 37.3 Å². The molecule has 2 nitrogen and oxygen atoms in total. The van der Waals surface area contributed by atoms with Crippen molar-refractivity contribution in [3.8, 4) is 0 Å². The molecule has 0 amide bonds. The van der Waals surface area contributed by atoms with Gasteiger partial charge in [-0.1, -0.05) is 30.3 Å². The van der Waals surface area contributed by atoms with E-state index < -0.39 is 0 Å². The maximum absolute atomic E-state index is 4.99. The Morgan fingerprint density at radius 2 is 2.00 bits per heavy atom. The molecular formula is C9H11BrO2. The molecule has 0 bridgehead atoms. The number of hydrogen-bond donors (Lipinski definition) is 0. The SMILES string of the molecule is CCOOC(Br)c1ccccc1. The van der Waals surface area contributed by atoms with Crippen LogP contribution >= 0.6 is 15.9 Å². The summed E-state index contributed by atoms with van der Waals surface area (Å²) >= 11 is 3.34. The number of rotatable bonds is 4. The van der Waals surface area contributed by atoms with Crippen LogP contribution in [-0.2, 0) is 9.78 Å². The molecule has 0 aliphatic carbocycles. The van der Waals surface area contributed by atoms with Crippen LogP contribution in [0.3, 0.4) is 0 Å². The summed E-state index contributed by atoms with van der Waals surface area (Å²) in [4.78, 5) is 9.80. The van der Waals surface area contributed by atoms with Gasteiger partial charge in [-0.15, -0.1) is 0 Å². The average Bonchev–Trinajstić information content (AvgIpc) is 2.15. The lowest BCUT2D eigenvalue weighted by atomic mass is 10.2. The first-order valence-corrected chi connectivity index (χ1v) is 4.73. The minimum Gasteiger partial charge on any atom is -0.236 e. The third-order valence-corrected chi connectivity index (χ3v) is 2.01. The lowest BCUT2D eigenvalue weighted by Crippen LogP contribution is -1.97. The molecule has 12 heavy (non-hydrogen) atoms. The molecule has 0 fully saturated rings. The molecule has 1 atom stereocenters. The zero-order valence-electron chi connectivity index (χ0n) is 6.87. The lowest BCUT2D eigenvalue weighted by Gasteiger charge is -2.08. The van der Waals surface area contributed by atoms with E-state index in [0.29, 0.717) is 6.61 Å². The van der Waals surface area contributed by atoms with Crippen molar-refractivity contribution in [1.29, 1.82) is 0 Å². The van der Waals surface area contributed by atoms with E-state index in [2.05, 4.69) is 15.9 Å². The minimum absolute atomic E-state index is 0.182. The van der Waals surface area contributed by atoms with Gasteiger partial charge >= 0.3 is 0 Å². The summed E-state index contributed by atoms with van der Waals surface area (Å²) in [6, 6.07) is 9.82. The smallest absolute Gasteiger partial charge is 0.172 e. The molecule has 0 N–H and O–H groups in total. The van der Waals surface area contributed by atoms with E-state index in [-0.39, 0.29) is 5.01 Å². The fourth-order valence-corrected chi connectivity index (χ4v) is 1.20. The number of benzene rings is 1. The molecule has 1 unspecified atom stereocenters. The molecule has 1 rings (SSSR count). The predicted octanol–water partition coefficient (Wildman–Crippen LogP) is 3.05. The van der Waals surface area contributed by atoms with Crippen LogP contribution < -0.4 is 0 Å². The molecule has 0 spiro atoms. The highest BCUT2D eigenvalue weighted by atomic mass is 79.9. The van der Waals surface area contributed by atoms with Crippen molar-refractivity contribution in [1.82, 2.24) is 0 Å². The van der Waals surface area contributed by atoms with Gasteiger partial charge in [0.2, 0.25) is 0 Å². The van der Waals surface area contributed by atoms with Gasteiger partial charge in [-0.2, -0.15) is 0 Å². The highest BCUT2D eigenvalue weighted by molar-refractivity contribution is 9.09. The van der Waals surface area contributed by atoms with Crippen LogP contribution in [-0.4, -0.2) is 6.61 Å². The zero-order chi connectivity index (χ0) is 8.81. The van der Waals surface area contributed by atoms with E-state index in [9.17, 15) is 0 Å². The standard InChI is InChI=1S/C9H11BrO2/c1-2-11-12-9(10)8-6-4-3-5-7-8/h3-7,9H,2H2,1H3. The molecule has 3 heteroatoms. The molecule has 0 heterocycles.